The molecule has 0 aromatic heterocycles. The molecule has 0 radical (unpaired) electrons. The first-order chi connectivity index (χ1) is 25.1. The van der Waals surface area contributed by atoms with Crippen molar-refractivity contribution in [3.63, 3.8) is 0 Å². The van der Waals surface area contributed by atoms with Crippen molar-refractivity contribution in [3.8, 4) is 55.6 Å². The van der Waals surface area contributed by atoms with Crippen molar-refractivity contribution in [3.05, 3.63) is 179 Å². The number of aryl methyl sites for hydroxylation is 2. The van der Waals surface area contributed by atoms with Crippen LogP contribution in [0, 0.1) is 13.8 Å². The highest BCUT2D eigenvalue weighted by Gasteiger charge is 2.38. The Morgan fingerprint density at radius 2 is 0.750 bits per heavy atom. The molecule has 0 spiro atoms. The topological polar surface area (TPSA) is 0 Å². The van der Waals surface area contributed by atoms with Gasteiger partial charge in [-0.1, -0.05) is 155 Å². The lowest BCUT2D eigenvalue weighted by atomic mass is 9.79. The van der Waals surface area contributed by atoms with Gasteiger partial charge in [0.1, 0.15) is 0 Å². The monoisotopic (exact) mass is 666 g/mol. The van der Waals surface area contributed by atoms with Crippen LogP contribution in [-0.2, 0) is 10.8 Å². The van der Waals surface area contributed by atoms with Crippen molar-refractivity contribution in [1.82, 2.24) is 0 Å². The highest BCUT2D eigenvalue weighted by Crippen LogP contribution is 2.54. The third-order valence-corrected chi connectivity index (χ3v) is 12.5. The summed E-state index contributed by atoms with van der Waals surface area (Å²) >= 11 is 0. The van der Waals surface area contributed by atoms with Crippen LogP contribution in [-0.4, -0.2) is 0 Å². The van der Waals surface area contributed by atoms with Crippen LogP contribution in [0.4, 0.5) is 0 Å². The highest BCUT2D eigenvalue weighted by atomic mass is 14.4. The van der Waals surface area contributed by atoms with E-state index in [2.05, 4.69) is 187 Å². The lowest BCUT2D eigenvalue weighted by Crippen LogP contribution is -2.15. The minimum Gasteiger partial charge on any atom is -0.0622 e. The summed E-state index contributed by atoms with van der Waals surface area (Å²) in [6.45, 7) is 14.1. The van der Waals surface area contributed by atoms with E-state index in [1.807, 2.05) is 0 Å². The average Bonchev–Trinajstić information content (AvgIpc) is 3.53. The lowest BCUT2D eigenvalue weighted by Gasteiger charge is -2.24. The Balaban J connectivity index is 1.13. The molecule has 2 aliphatic rings. The summed E-state index contributed by atoms with van der Waals surface area (Å²) in [5.74, 6) is 0. The van der Waals surface area contributed by atoms with Crippen molar-refractivity contribution >= 4 is 21.5 Å². The first-order valence-corrected chi connectivity index (χ1v) is 18.7. The van der Waals surface area contributed by atoms with Gasteiger partial charge in [0.05, 0.1) is 0 Å². The number of fused-ring (bicyclic) bond motifs is 8. The van der Waals surface area contributed by atoms with Gasteiger partial charge in [0.15, 0.2) is 0 Å². The van der Waals surface area contributed by atoms with Gasteiger partial charge in [-0.3, -0.25) is 0 Å². The van der Waals surface area contributed by atoms with Gasteiger partial charge in [-0.15, -0.1) is 0 Å². The first kappa shape index (κ1) is 31.1. The minimum absolute atomic E-state index is 0.0187. The van der Waals surface area contributed by atoms with Crippen molar-refractivity contribution in [1.29, 1.82) is 0 Å². The summed E-state index contributed by atoms with van der Waals surface area (Å²) in [5.41, 5.74) is 21.3. The van der Waals surface area contributed by atoms with Gasteiger partial charge in [0.25, 0.3) is 0 Å². The van der Waals surface area contributed by atoms with E-state index in [1.54, 1.807) is 0 Å². The molecule has 250 valence electrons. The molecule has 10 rings (SSSR count). The molecule has 0 atom stereocenters. The molecule has 2 aliphatic carbocycles. The Labute approximate surface area is 307 Å². The summed E-state index contributed by atoms with van der Waals surface area (Å²) in [6, 6.07) is 55.1. The van der Waals surface area contributed by atoms with Gasteiger partial charge in [0.2, 0.25) is 0 Å². The lowest BCUT2D eigenvalue weighted by molar-refractivity contribution is 0.659. The summed E-state index contributed by atoms with van der Waals surface area (Å²) in [5, 5.41) is 5.32. The standard InChI is InChI=1S/C52H42/c1-31-14-13-20-42-47(31)49(33-16-8-7-9-17-33)41-19-12-15-32(2)48(41)50(42)36-24-27-40-39-26-23-35(29-45(39)52(5,6)46(40)30-36)34-22-25-38-37-18-10-11-21-43(37)51(3,4)44(38)28-34/h7-30H,1-6H3. The van der Waals surface area contributed by atoms with E-state index in [4.69, 9.17) is 0 Å². The minimum atomic E-state index is -0.149. The molecular weight excluding hydrogens is 625 g/mol. The van der Waals surface area contributed by atoms with Gasteiger partial charge < -0.3 is 0 Å². The molecule has 0 aliphatic heterocycles. The molecule has 0 unspecified atom stereocenters. The fourth-order valence-corrected chi connectivity index (χ4v) is 9.85. The molecular formula is C52H42. The number of rotatable bonds is 3. The Morgan fingerprint density at radius 3 is 1.31 bits per heavy atom. The maximum absolute atomic E-state index is 2.51. The fraction of sp³-hybridized carbons (Fsp3) is 0.154. The van der Waals surface area contributed by atoms with Crippen LogP contribution < -0.4 is 0 Å². The number of benzene rings is 8. The zero-order valence-electron chi connectivity index (χ0n) is 30.9. The molecule has 8 aromatic rings. The van der Waals surface area contributed by atoms with Gasteiger partial charge >= 0.3 is 0 Å². The van der Waals surface area contributed by atoms with E-state index in [-0.39, 0.29) is 10.8 Å². The molecule has 8 aromatic carbocycles. The number of hydrogen-bond acceptors (Lipinski definition) is 0. The predicted octanol–water partition coefficient (Wildman–Crippen LogP) is 14.2. The van der Waals surface area contributed by atoms with Crippen molar-refractivity contribution in [2.75, 3.05) is 0 Å². The highest BCUT2D eigenvalue weighted by molar-refractivity contribution is 6.23. The third kappa shape index (κ3) is 4.21. The second kappa shape index (κ2) is 10.9. The Morgan fingerprint density at radius 1 is 0.327 bits per heavy atom. The molecule has 0 amide bonds. The molecule has 0 saturated carbocycles. The van der Waals surface area contributed by atoms with Gasteiger partial charge in [-0.05, 0) is 143 Å². The summed E-state index contributed by atoms with van der Waals surface area (Å²) in [6.07, 6.45) is 0. The maximum Gasteiger partial charge on any atom is 0.0159 e. The van der Waals surface area contributed by atoms with Crippen molar-refractivity contribution < 1.29 is 0 Å². The van der Waals surface area contributed by atoms with Crippen LogP contribution >= 0.6 is 0 Å². The van der Waals surface area contributed by atoms with Gasteiger partial charge in [-0.25, -0.2) is 0 Å². The smallest absolute Gasteiger partial charge is 0.0159 e. The summed E-state index contributed by atoms with van der Waals surface area (Å²) < 4.78 is 0. The van der Waals surface area contributed by atoms with E-state index in [9.17, 15) is 0 Å². The van der Waals surface area contributed by atoms with E-state index < -0.39 is 0 Å². The molecule has 52 heavy (non-hydrogen) atoms. The Hall–Kier alpha value is -5.72. The van der Waals surface area contributed by atoms with Crippen LogP contribution in [0.3, 0.4) is 0 Å². The molecule has 0 N–H and O–H groups in total. The van der Waals surface area contributed by atoms with Crippen molar-refractivity contribution in [2.24, 2.45) is 0 Å². The summed E-state index contributed by atoms with van der Waals surface area (Å²) in [4.78, 5) is 0. The Kier molecular flexibility index (Phi) is 6.50. The number of hydrogen-bond donors (Lipinski definition) is 0. The van der Waals surface area contributed by atoms with E-state index in [0.29, 0.717) is 0 Å². The second-order valence-electron chi connectivity index (χ2n) is 16.2. The van der Waals surface area contributed by atoms with Crippen LogP contribution in [0.1, 0.15) is 61.1 Å². The van der Waals surface area contributed by atoms with Crippen LogP contribution in [0.5, 0.6) is 0 Å². The molecule has 0 bridgehead atoms. The second-order valence-corrected chi connectivity index (χ2v) is 16.2. The zero-order chi connectivity index (χ0) is 35.5. The third-order valence-electron chi connectivity index (χ3n) is 12.5. The maximum atomic E-state index is 2.51. The molecule has 0 heterocycles. The molecule has 0 fully saturated rings. The largest absolute Gasteiger partial charge is 0.0622 e. The van der Waals surface area contributed by atoms with Crippen LogP contribution in [0.25, 0.3) is 77.2 Å². The van der Waals surface area contributed by atoms with Crippen LogP contribution in [0.2, 0.25) is 0 Å². The Bertz CT molecular complexity index is 2790. The van der Waals surface area contributed by atoms with Crippen LogP contribution in [0.15, 0.2) is 146 Å². The van der Waals surface area contributed by atoms with E-state index in [0.717, 1.165) is 0 Å². The molecule has 0 nitrogen and oxygen atoms in total. The van der Waals surface area contributed by atoms with E-state index in [1.165, 1.54) is 111 Å². The van der Waals surface area contributed by atoms with Gasteiger partial charge in [0, 0.05) is 10.8 Å². The van der Waals surface area contributed by atoms with E-state index >= 15 is 0 Å². The SMILES string of the molecule is Cc1cccc2c(-c3ccc4c(c3)C(C)(C)c3cc(-c5ccc6c(c5)C(C)(C)c5ccccc5-6)ccc3-4)c3c(C)cccc3c(-c3ccccc3)c12. The first-order valence-electron chi connectivity index (χ1n) is 18.7. The predicted molar refractivity (Wildman–Crippen MR) is 222 cm³/mol. The van der Waals surface area contributed by atoms with Gasteiger partial charge in [-0.2, -0.15) is 0 Å². The summed E-state index contributed by atoms with van der Waals surface area (Å²) in [7, 11) is 0. The molecule has 0 saturated heterocycles. The average molecular weight is 667 g/mol. The molecule has 0 heteroatoms. The normalized spacial score (nSPS) is 14.7. The van der Waals surface area contributed by atoms with Crippen molar-refractivity contribution in [2.45, 2.75) is 52.4 Å². The quantitative estimate of drug-likeness (QED) is 0.165. The fourth-order valence-electron chi connectivity index (χ4n) is 9.85. The zero-order valence-corrected chi connectivity index (χ0v) is 30.9.